The predicted molar refractivity (Wildman–Crippen MR) is 71.0 cm³/mol. The minimum absolute atomic E-state index is 0.136. The number of nitrogens with two attached hydrogens (primary N) is 1. The average Bonchev–Trinajstić information content (AvgIpc) is 2.41. The van der Waals surface area contributed by atoms with Gasteiger partial charge in [0.25, 0.3) is 5.56 Å². The molecule has 0 saturated heterocycles. The van der Waals surface area contributed by atoms with E-state index in [-0.39, 0.29) is 5.56 Å². The van der Waals surface area contributed by atoms with Gasteiger partial charge < -0.3 is 5.73 Å². The van der Waals surface area contributed by atoms with Crippen molar-refractivity contribution in [2.75, 3.05) is 5.73 Å². The molecule has 0 saturated carbocycles. The van der Waals surface area contributed by atoms with E-state index >= 15 is 0 Å². The summed E-state index contributed by atoms with van der Waals surface area (Å²) >= 11 is 0. The van der Waals surface area contributed by atoms with Crippen LogP contribution in [0.5, 0.6) is 0 Å². The van der Waals surface area contributed by atoms with Crippen LogP contribution in [0.15, 0.2) is 59.7 Å². The molecule has 0 aliphatic carbocycles. The van der Waals surface area contributed by atoms with Crippen molar-refractivity contribution in [3.63, 3.8) is 0 Å². The molecule has 0 aliphatic heterocycles. The summed E-state index contributed by atoms with van der Waals surface area (Å²) < 4.78 is 0. The zero-order valence-electron chi connectivity index (χ0n) is 9.58. The maximum absolute atomic E-state index is 11.1. The summed E-state index contributed by atoms with van der Waals surface area (Å²) in [5.41, 5.74) is 5.11. The van der Waals surface area contributed by atoms with Crippen LogP contribution in [0.3, 0.4) is 0 Å². The zero-order valence-corrected chi connectivity index (χ0v) is 9.58. The van der Waals surface area contributed by atoms with E-state index in [1.165, 1.54) is 0 Å². The van der Waals surface area contributed by atoms with Crippen molar-refractivity contribution in [3.8, 4) is 0 Å². The van der Waals surface area contributed by atoms with E-state index in [1.807, 2.05) is 30.3 Å². The molecule has 0 amide bonds. The summed E-state index contributed by atoms with van der Waals surface area (Å²) in [5.74, 6) is 0.572. The number of H-pyrrole nitrogens is 1. The lowest BCUT2D eigenvalue weighted by Gasteiger charge is -1.91. The lowest BCUT2D eigenvalue weighted by Crippen LogP contribution is -2.06. The van der Waals surface area contributed by atoms with Gasteiger partial charge in [-0.3, -0.25) is 4.79 Å². The van der Waals surface area contributed by atoms with Gasteiger partial charge in [0.1, 0.15) is 5.82 Å². The number of nitrogens with one attached hydrogen (secondary N) is 1. The third-order valence-electron chi connectivity index (χ3n) is 2.26. The molecule has 90 valence electrons. The van der Waals surface area contributed by atoms with Crippen LogP contribution in [0.2, 0.25) is 0 Å². The van der Waals surface area contributed by atoms with Gasteiger partial charge in [0.05, 0.1) is 6.20 Å². The van der Waals surface area contributed by atoms with Gasteiger partial charge >= 0.3 is 0 Å². The number of aromatic amines is 1. The van der Waals surface area contributed by atoms with Crippen molar-refractivity contribution in [2.24, 2.45) is 0 Å². The highest BCUT2D eigenvalue weighted by Gasteiger charge is 1.93. The van der Waals surface area contributed by atoms with Gasteiger partial charge in [-0.15, -0.1) is 0 Å². The Balaban J connectivity index is 0.000000149. The molecule has 18 heavy (non-hydrogen) atoms. The number of aromatic nitrogens is 3. The van der Waals surface area contributed by atoms with E-state index in [4.69, 9.17) is 5.73 Å². The minimum atomic E-state index is -0.136. The molecule has 2 heterocycles. The first-order valence-corrected chi connectivity index (χ1v) is 5.36. The molecule has 3 N–H and O–H groups in total. The van der Waals surface area contributed by atoms with E-state index < -0.39 is 0 Å². The van der Waals surface area contributed by atoms with E-state index in [9.17, 15) is 4.79 Å². The van der Waals surface area contributed by atoms with Crippen molar-refractivity contribution in [1.82, 2.24) is 15.2 Å². The van der Waals surface area contributed by atoms with Gasteiger partial charge in [0.15, 0.2) is 0 Å². The largest absolute Gasteiger partial charge is 0.384 e. The standard InChI is InChI=1S/C8H6N2O.C5H6N2/c11-8-7-4-2-1-3-6(7)5-9-10-8;6-5-3-1-2-4-7-5/h1-5H,(H,10,11);1-4H,(H2,6,7). The summed E-state index contributed by atoms with van der Waals surface area (Å²) in [5, 5.41) is 7.60. The number of hydrogen-bond donors (Lipinski definition) is 2. The molecule has 0 bridgehead atoms. The molecule has 1 aromatic carbocycles. The quantitative estimate of drug-likeness (QED) is 0.625. The monoisotopic (exact) mass is 240 g/mol. The maximum Gasteiger partial charge on any atom is 0.272 e. The van der Waals surface area contributed by atoms with Crippen LogP contribution in [0.4, 0.5) is 5.82 Å². The molecule has 0 aliphatic rings. The molecule has 3 aromatic rings. The highest BCUT2D eigenvalue weighted by molar-refractivity contribution is 5.80. The fraction of sp³-hybridized carbons (Fsp3) is 0. The van der Waals surface area contributed by atoms with Gasteiger partial charge in [0, 0.05) is 17.0 Å². The summed E-state index contributed by atoms with van der Waals surface area (Å²) in [6.07, 6.45) is 3.30. The Kier molecular flexibility index (Phi) is 3.66. The lowest BCUT2D eigenvalue weighted by atomic mass is 10.2. The van der Waals surface area contributed by atoms with Crippen LogP contribution in [0.1, 0.15) is 0 Å². The van der Waals surface area contributed by atoms with Crippen molar-refractivity contribution >= 4 is 16.6 Å². The number of nitrogens with zero attached hydrogens (tertiary/aromatic N) is 2. The Bertz CT molecular complexity index is 674. The SMILES string of the molecule is Nc1ccccn1.O=c1[nH]ncc2ccccc12. The van der Waals surface area contributed by atoms with Crippen molar-refractivity contribution in [2.45, 2.75) is 0 Å². The second kappa shape index (κ2) is 5.58. The molecule has 0 radical (unpaired) electrons. The summed E-state index contributed by atoms with van der Waals surface area (Å²) in [4.78, 5) is 14.8. The van der Waals surface area contributed by atoms with Gasteiger partial charge in [0.2, 0.25) is 0 Å². The third-order valence-corrected chi connectivity index (χ3v) is 2.26. The summed E-state index contributed by atoms with van der Waals surface area (Å²) in [6, 6.07) is 12.8. The van der Waals surface area contributed by atoms with Crippen molar-refractivity contribution in [3.05, 3.63) is 65.2 Å². The van der Waals surface area contributed by atoms with Crippen LogP contribution in [-0.2, 0) is 0 Å². The van der Waals surface area contributed by atoms with Crippen LogP contribution < -0.4 is 11.3 Å². The molecule has 0 unspecified atom stereocenters. The summed E-state index contributed by atoms with van der Waals surface area (Å²) in [7, 11) is 0. The molecule has 2 aromatic heterocycles. The highest BCUT2D eigenvalue weighted by Crippen LogP contribution is 2.04. The fourth-order valence-corrected chi connectivity index (χ4v) is 1.41. The number of rotatable bonds is 0. The first kappa shape index (κ1) is 11.8. The number of fused-ring (bicyclic) bond motifs is 1. The highest BCUT2D eigenvalue weighted by atomic mass is 16.1. The van der Waals surface area contributed by atoms with Crippen LogP contribution in [0.25, 0.3) is 10.8 Å². The predicted octanol–water partition coefficient (Wildman–Crippen LogP) is 1.59. The molecule has 5 heteroatoms. The number of anilines is 1. The van der Waals surface area contributed by atoms with Crippen LogP contribution in [-0.4, -0.2) is 15.2 Å². The number of benzene rings is 1. The first-order valence-electron chi connectivity index (χ1n) is 5.36. The Morgan fingerprint density at radius 2 is 1.83 bits per heavy atom. The fourth-order valence-electron chi connectivity index (χ4n) is 1.41. The van der Waals surface area contributed by atoms with Crippen LogP contribution in [0, 0.1) is 0 Å². The smallest absolute Gasteiger partial charge is 0.272 e. The maximum atomic E-state index is 11.1. The van der Waals surface area contributed by atoms with E-state index in [0.717, 1.165) is 5.39 Å². The molecule has 0 spiro atoms. The van der Waals surface area contributed by atoms with Crippen LogP contribution >= 0.6 is 0 Å². The average molecular weight is 240 g/mol. The second-order valence-corrected chi connectivity index (χ2v) is 3.54. The minimum Gasteiger partial charge on any atom is -0.384 e. The normalized spacial score (nSPS) is 9.56. The van der Waals surface area contributed by atoms with Gasteiger partial charge in [-0.1, -0.05) is 24.3 Å². The van der Waals surface area contributed by atoms with E-state index in [0.29, 0.717) is 11.2 Å². The summed E-state index contributed by atoms with van der Waals surface area (Å²) in [6.45, 7) is 0. The third kappa shape index (κ3) is 2.91. The van der Waals surface area contributed by atoms with Gasteiger partial charge in [-0.05, 0) is 18.2 Å². The molecular formula is C13H12N4O. The topological polar surface area (TPSA) is 84.7 Å². The molecule has 3 rings (SSSR count). The van der Waals surface area contributed by atoms with Gasteiger partial charge in [-0.25, -0.2) is 10.1 Å². The van der Waals surface area contributed by atoms with E-state index in [1.54, 1.807) is 24.5 Å². The number of nitrogen functional groups attached to an aromatic ring is 1. The number of pyridine rings is 1. The molecular weight excluding hydrogens is 228 g/mol. The molecule has 0 fully saturated rings. The Hall–Kier alpha value is -2.69. The molecule has 5 nitrogen and oxygen atoms in total. The Morgan fingerprint density at radius 3 is 2.44 bits per heavy atom. The second-order valence-electron chi connectivity index (χ2n) is 3.54. The lowest BCUT2D eigenvalue weighted by molar-refractivity contribution is 1.01. The first-order chi connectivity index (χ1) is 8.77. The van der Waals surface area contributed by atoms with E-state index in [2.05, 4.69) is 15.2 Å². The Labute approximate surface area is 103 Å². The van der Waals surface area contributed by atoms with Gasteiger partial charge in [-0.2, -0.15) is 5.10 Å². The van der Waals surface area contributed by atoms with Crippen molar-refractivity contribution in [1.29, 1.82) is 0 Å². The molecule has 0 atom stereocenters. The number of hydrogen-bond acceptors (Lipinski definition) is 4. The van der Waals surface area contributed by atoms with Crippen molar-refractivity contribution < 1.29 is 0 Å². The zero-order chi connectivity index (χ0) is 12.8. The Morgan fingerprint density at radius 1 is 1.06 bits per heavy atom.